The van der Waals surface area contributed by atoms with E-state index in [4.69, 9.17) is 19.3 Å². The summed E-state index contributed by atoms with van der Waals surface area (Å²) in [5.41, 5.74) is 2.37. The third-order valence-electron chi connectivity index (χ3n) is 5.40. The fourth-order valence-electron chi connectivity index (χ4n) is 3.67. The minimum Gasteiger partial charge on any atom is -0.493 e. The van der Waals surface area contributed by atoms with Crippen LogP contribution in [0.25, 0.3) is 11.5 Å². The number of rotatable bonds is 7. The molecule has 8 nitrogen and oxygen atoms in total. The minimum atomic E-state index is -0.103. The summed E-state index contributed by atoms with van der Waals surface area (Å²) in [5.74, 6) is 2.24. The van der Waals surface area contributed by atoms with Crippen molar-refractivity contribution >= 4 is 5.91 Å². The molecular weight excluding hydrogens is 396 g/mol. The molecule has 0 bridgehead atoms. The van der Waals surface area contributed by atoms with Crippen molar-refractivity contribution < 1.29 is 18.8 Å². The Balaban J connectivity index is 1.39. The summed E-state index contributed by atoms with van der Waals surface area (Å²) >= 11 is 0. The van der Waals surface area contributed by atoms with Crippen LogP contribution in [0.3, 0.4) is 0 Å². The lowest BCUT2D eigenvalue weighted by Crippen LogP contribution is -2.27. The summed E-state index contributed by atoms with van der Waals surface area (Å²) < 4.78 is 16.0. The van der Waals surface area contributed by atoms with Crippen LogP contribution in [0, 0.1) is 11.3 Å². The third kappa shape index (κ3) is 4.36. The van der Waals surface area contributed by atoms with Gasteiger partial charge in [0.1, 0.15) is 0 Å². The predicted molar refractivity (Wildman–Crippen MR) is 112 cm³/mol. The van der Waals surface area contributed by atoms with Crippen LogP contribution in [-0.2, 0) is 11.2 Å². The van der Waals surface area contributed by atoms with Gasteiger partial charge in [-0.2, -0.15) is 10.2 Å². The Morgan fingerprint density at radius 3 is 2.65 bits per heavy atom. The maximum atomic E-state index is 12.5. The van der Waals surface area contributed by atoms with E-state index in [1.54, 1.807) is 38.5 Å². The molecule has 1 aliphatic heterocycles. The van der Waals surface area contributed by atoms with E-state index in [0.717, 1.165) is 11.1 Å². The summed E-state index contributed by atoms with van der Waals surface area (Å²) in [5, 5.41) is 13.0. The van der Waals surface area contributed by atoms with Crippen LogP contribution in [-0.4, -0.2) is 48.3 Å². The first-order valence-corrected chi connectivity index (χ1v) is 9.94. The van der Waals surface area contributed by atoms with Gasteiger partial charge in [-0.3, -0.25) is 4.79 Å². The molecule has 8 heteroatoms. The Kier molecular flexibility index (Phi) is 5.85. The second kappa shape index (κ2) is 8.88. The molecule has 0 saturated carbocycles. The highest BCUT2D eigenvalue weighted by Gasteiger charge is 2.33. The number of ether oxygens (including phenoxy) is 2. The van der Waals surface area contributed by atoms with Crippen LogP contribution in [0.1, 0.15) is 29.3 Å². The lowest BCUT2D eigenvalue weighted by molar-refractivity contribution is -0.127. The van der Waals surface area contributed by atoms with Gasteiger partial charge >= 0.3 is 0 Å². The summed E-state index contributed by atoms with van der Waals surface area (Å²) in [7, 11) is 3.21. The first-order chi connectivity index (χ1) is 15.1. The average molecular weight is 418 g/mol. The van der Waals surface area contributed by atoms with E-state index in [-0.39, 0.29) is 11.8 Å². The van der Waals surface area contributed by atoms with Crippen molar-refractivity contribution in [2.24, 2.45) is 0 Å². The van der Waals surface area contributed by atoms with Gasteiger partial charge in [-0.25, -0.2) is 0 Å². The Morgan fingerprint density at radius 2 is 1.94 bits per heavy atom. The molecule has 2 heterocycles. The normalized spacial score (nSPS) is 15.7. The van der Waals surface area contributed by atoms with Crippen LogP contribution in [0.5, 0.6) is 11.5 Å². The van der Waals surface area contributed by atoms with Gasteiger partial charge in [0, 0.05) is 31.0 Å². The standard InChI is InChI=1S/C23H22N4O4/c1-29-19-8-5-15(11-20(19)30-2)9-10-27-14-18(12-21(27)28)22-25-23(31-26-22)17-6-3-16(13-24)4-7-17/h3-8,11,18H,9-10,12,14H2,1-2H3. The number of amides is 1. The molecule has 0 N–H and O–H groups in total. The number of nitriles is 1. The number of nitrogens with zero attached hydrogens (tertiary/aromatic N) is 4. The van der Waals surface area contributed by atoms with E-state index in [1.807, 2.05) is 23.1 Å². The van der Waals surface area contributed by atoms with Crippen molar-refractivity contribution in [2.45, 2.75) is 18.8 Å². The van der Waals surface area contributed by atoms with Gasteiger partial charge in [-0.1, -0.05) is 11.2 Å². The molecule has 1 saturated heterocycles. The first-order valence-electron chi connectivity index (χ1n) is 9.94. The van der Waals surface area contributed by atoms with Crippen LogP contribution in [0.2, 0.25) is 0 Å². The zero-order valence-electron chi connectivity index (χ0n) is 17.4. The highest BCUT2D eigenvalue weighted by atomic mass is 16.5. The average Bonchev–Trinajstić information content (AvgIpc) is 3.44. The van der Waals surface area contributed by atoms with Gasteiger partial charge in [0.2, 0.25) is 5.91 Å². The SMILES string of the molecule is COc1ccc(CCN2CC(c3noc(-c4ccc(C#N)cc4)n3)CC2=O)cc1OC. The molecule has 4 rings (SSSR count). The maximum absolute atomic E-state index is 12.5. The number of carbonyl (C=O) groups is 1. The van der Waals surface area contributed by atoms with E-state index in [2.05, 4.69) is 16.2 Å². The number of benzene rings is 2. The number of hydrogen-bond acceptors (Lipinski definition) is 7. The summed E-state index contributed by atoms with van der Waals surface area (Å²) in [6, 6.07) is 14.8. The molecule has 1 unspecified atom stereocenters. The van der Waals surface area contributed by atoms with Crippen molar-refractivity contribution in [2.75, 3.05) is 27.3 Å². The second-order valence-corrected chi connectivity index (χ2v) is 7.33. The molecule has 1 atom stereocenters. The van der Waals surface area contributed by atoms with Crippen molar-refractivity contribution in [3.63, 3.8) is 0 Å². The fraction of sp³-hybridized carbons (Fsp3) is 0.304. The molecule has 31 heavy (non-hydrogen) atoms. The Bertz CT molecular complexity index is 1120. The third-order valence-corrected chi connectivity index (χ3v) is 5.40. The van der Waals surface area contributed by atoms with Crippen molar-refractivity contribution in [1.82, 2.24) is 15.0 Å². The van der Waals surface area contributed by atoms with E-state index < -0.39 is 0 Å². The number of hydrogen-bond donors (Lipinski definition) is 0. The maximum Gasteiger partial charge on any atom is 0.257 e. The molecule has 1 fully saturated rings. The smallest absolute Gasteiger partial charge is 0.257 e. The van der Waals surface area contributed by atoms with Crippen molar-refractivity contribution in [3.05, 3.63) is 59.4 Å². The second-order valence-electron chi connectivity index (χ2n) is 7.33. The first kappa shape index (κ1) is 20.4. The van der Waals surface area contributed by atoms with Gasteiger partial charge in [0.15, 0.2) is 17.3 Å². The lowest BCUT2D eigenvalue weighted by atomic mass is 10.1. The molecule has 3 aromatic rings. The highest BCUT2D eigenvalue weighted by molar-refractivity contribution is 5.79. The van der Waals surface area contributed by atoms with Crippen LogP contribution in [0.4, 0.5) is 0 Å². The molecule has 0 aliphatic carbocycles. The van der Waals surface area contributed by atoms with Gasteiger partial charge in [0.05, 0.1) is 25.9 Å². The monoisotopic (exact) mass is 418 g/mol. The number of carbonyl (C=O) groups excluding carboxylic acids is 1. The summed E-state index contributed by atoms with van der Waals surface area (Å²) in [6.45, 7) is 1.16. The topological polar surface area (TPSA) is 101 Å². The van der Waals surface area contributed by atoms with Crippen LogP contribution in [0.15, 0.2) is 47.0 Å². The van der Waals surface area contributed by atoms with Gasteiger partial charge < -0.3 is 18.9 Å². The molecule has 0 spiro atoms. The van der Waals surface area contributed by atoms with Crippen molar-refractivity contribution in [1.29, 1.82) is 5.26 Å². The largest absolute Gasteiger partial charge is 0.493 e. The van der Waals surface area contributed by atoms with Gasteiger partial charge in [-0.15, -0.1) is 0 Å². The van der Waals surface area contributed by atoms with Crippen LogP contribution < -0.4 is 9.47 Å². The highest BCUT2D eigenvalue weighted by Crippen LogP contribution is 2.30. The van der Waals surface area contributed by atoms with Crippen molar-refractivity contribution in [3.8, 4) is 29.0 Å². The molecular formula is C23H22N4O4. The number of likely N-dealkylation sites (tertiary alicyclic amines) is 1. The summed E-state index contributed by atoms with van der Waals surface area (Å²) in [4.78, 5) is 18.8. The zero-order chi connectivity index (χ0) is 21.8. The Hall–Kier alpha value is -3.86. The Labute approximate surface area is 180 Å². The molecule has 1 aromatic heterocycles. The Morgan fingerprint density at radius 1 is 1.16 bits per heavy atom. The molecule has 1 amide bonds. The van der Waals surface area contributed by atoms with E-state index in [0.29, 0.717) is 54.7 Å². The summed E-state index contributed by atoms with van der Waals surface area (Å²) in [6.07, 6.45) is 1.07. The molecule has 0 radical (unpaired) electrons. The van der Waals surface area contributed by atoms with Gasteiger partial charge in [-0.05, 0) is 48.4 Å². The van der Waals surface area contributed by atoms with E-state index in [9.17, 15) is 4.79 Å². The minimum absolute atomic E-state index is 0.0789. The lowest BCUT2D eigenvalue weighted by Gasteiger charge is -2.16. The molecule has 1 aliphatic rings. The van der Waals surface area contributed by atoms with Crippen LogP contribution >= 0.6 is 0 Å². The van der Waals surface area contributed by atoms with E-state index >= 15 is 0 Å². The number of aromatic nitrogens is 2. The predicted octanol–water partition coefficient (Wildman–Crippen LogP) is 3.18. The zero-order valence-corrected chi connectivity index (χ0v) is 17.4. The molecule has 2 aromatic carbocycles. The molecule has 158 valence electrons. The fourth-order valence-corrected chi connectivity index (χ4v) is 3.67. The number of methoxy groups -OCH3 is 2. The van der Waals surface area contributed by atoms with Gasteiger partial charge in [0.25, 0.3) is 5.89 Å². The quantitative estimate of drug-likeness (QED) is 0.581. The van der Waals surface area contributed by atoms with E-state index in [1.165, 1.54) is 0 Å².